The van der Waals surface area contributed by atoms with E-state index in [2.05, 4.69) is 5.10 Å². The summed E-state index contributed by atoms with van der Waals surface area (Å²) in [6.07, 6.45) is 0. The fourth-order valence-electron chi connectivity index (χ4n) is 1.96. The second kappa shape index (κ2) is 3.20. The van der Waals surface area contributed by atoms with E-state index in [-0.39, 0.29) is 5.97 Å². The Hall–Kier alpha value is -2.10. The van der Waals surface area contributed by atoms with Crippen molar-refractivity contribution >= 4 is 5.97 Å². The summed E-state index contributed by atoms with van der Waals surface area (Å²) >= 11 is 0. The molecule has 0 spiro atoms. The highest BCUT2D eigenvalue weighted by Gasteiger charge is 2.29. The van der Waals surface area contributed by atoms with Crippen molar-refractivity contribution in [3.05, 3.63) is 47.3 Å². The third-order valence-corrected chi connectivity index (χ3v) is 2.70. The van der Waals surface area contributed by atoms with Crippen LogP contribution in [-0.2, 0) is 11.3 Å². The lowest BCUT2D eigenvalue weighted by Crippen LogP contribution is -2.01. The highest BCUT2D eigenvalue weighted by atomic mass is 16.5. The van der Waals surface area contributed by atoms with E-state index in [0.29, 0.717) is 12.2 Å². The monoisotopic (exact) mass is 214 g/mol. The molecule has 2 aromatic rings. The average molecular weight is 214 g/mol. The zero-order chi connectivity index (χ0) is 11.1. The molecule has 0 unspecified atom stereocenters. The van der Waals surface area contributed by atoms with E-state index >= 15 is 0 Å². The molecule has 0 amide bonds. The Bertz CT molecular complexity index is 558. The van der Waals surface area contributed by atoms with E-state index in [1.807, 2.05) is 37.3 Å². The van der Waals surface area contributed by atoms with Crippen molar-refractivity contribution in [3.8, 4) is 5.69 Å². The molecule has 2 heterocycles. The lowest BCUT2D eigenvalue weighted by molar-refractivity contribution is 0.0528. The molecule has 3 rings (SSSR count). The normalized spacial score (nSPS) is 13.7. The van der Waals surface area contributed by atoms with Gasteiger partial charge in [-0.25, -0.2) is 9.48 Å². The van der Waals surface area contributed by atoms with E-state index in [1.54, 1.807) is 4.68 Å². The second-order valence-electron chi connectivity index (χ2n) is 3.73. The first-order valence-electron chi connectivity index (χ1n) is 5.08. The molecule has 0 radical (unpaired) electrons. The number of fused-ring (bicyclic) bond motifs is 1. The number of rotatable bonds is 1. The molecule has 80 valence electrons. The summed E-state index contributed by atoms with van der Waals surface area (Å²) in [7, 11) is 0. The van der Waals surface area contributed by atoms with E-state index < -0.39 is 0 Å². The van der Waals surface area contributed by atoms with Gasteiger partial charge >= 0.3 is 5.97 Å². The van der Waals surface area contributed by atoms with Gasteiger partial charge in [0.05, 0.1) is 17.1 Å². The molecule has 0 bridgehead atoms. The molecule has 0 aliphatic carbocycles. The smallest absolute Gasteiger partial charge is 0.342 e. The minimum absolute atomic E-state index is 0.269. The van der Waals surface area contributed by atoms with E-state index in [1.165, 1.54) is 0 Å². The van der Waals surface area contributed by atoms with E-state index in [0.717, 1.165) is 17.1 Å². The van der Waals surface area contributed by atoms with Crippen LogP contribution in [0.15, 0.2) is 30.3 Å². The maximum atomic E-state index is 11.5. The fraction of sp³-hybridized carbons (Fsp3) is 0.167. The molecule has 0 N–H and O–H groups in total. The van der Waals surface area contributed by atoms with Gasteiger partial charge < -0.3 is 4.74 Å². The Balaban J connectivity index is 2.21. The number of aromatic nitrogens is 2. The van der Waals surface area contributed by atoms with Crippen molar-refractivity contribution in [1.82, 2.24) is 9.78 Å². The Labute approximate surface area is 92.5 Å². The van der Waals surface area contributed by atoms with Crippen LogP contribution in [0.4, 0.5) is 0 Å². The van der Waals surface area contributed by atoms with Gasteiger partial charge in [0.1, 0.15) is 12.2 Å². The highest BCUT2D eigenvalue weighted by Crippen LogP contribution is 2.25. The van der Waals surface area contributed by atoms with Crippen LogP contribution in [0.25, 0.3) is 5.69 Å². The molecular formula is C12H10N2O2. The summed E-state index contributed by atoms with van der Waals surface area (Å²) in [6.45, 7) is 2.13. The third kappa shape index (κ3) is 1.16. The Morgan fingerprint density at radius 3 is 2.81 bits per heavy atom. The van der Waals surface area contributed by atoms with Crippen LogP contribution in [0.1, 0.15) is 21.7 Å². The van der Waals surface area contributed by atoms with Crippen molar-refractivity contribution in [3.63, 3.8) is 0 Å². The van der Waals surface area contributed by atoms with Crippen LogP contribution < -0.4 is 0 Å². The summed E-state index contributed by atoms with van der Waals surface area (Å²) in [6, 6.07) is 9.74. The molecule has 0 atom stereocenters. The summed E-state index contributed by atoms with van der Waals surface area (Å²) in [5, 5.41) is 4.37. The van der Waals surface area contributed by atoms with Gasteiger partial charge in [-0.05, 0) is 19.1 Å². The number of hydrogen-bond acceptors (Lipinski definition) is 3. The number of benzene rings is 1. The van der Waals surface area contributed by atoms with Crippen molar-refractivity contribution in [2.24, 2.45) is 0 Å². The quantitative estimate of drug-likeness (QED) is 0.680. The number of nitrogens with zero attached hydrogens (tertiary/aromatic N) is 2. The molecular weight excluding hydrogens is 204 g/mol. The largest absolute Gasteiger partial charge is 0.455 e. The molecule has 0 fully saturated rings. The number of ether oxygens (including phenoxy) is 1. The van der Waals surface area contributed by atoms with Gasteiger partial charge in [-0.1, -0.05) is 18.2 Å². The standard InChI is InChI=1S/C12H10N2O2/c1-8-11-10(7-16-12(11)15)14(13-8)9-5-3-2-4-6-9/h2-6H,7H2,1H3. The van der Waals surface area contributed by atoms with Crippen LogP contribution >= 0.6 is 0 Å². The topological polar surface area (TPSA) is 44.1 Å². The van der Waals surface area contributed by atoms with Gasteiger partial charge in [0, 0.05) is 0 Å². The zero-order valence-electron chi connectivity index (χ0n) is 8.80. The molecule has 16 heavy (non-hydrogen) atoms. The van der Waals surface area contributed by atoms with Crippen LogP contribution in [0.3, 0.4) is 0 Å². The zero-order valence-corrected chi connectivity index (χ0v) is 8.80. The molecule has 1 aliphatic heterocycles. The third-order valence-electron chi connectivity index (χ3n) is 2.70. The minimum Gasteiger partial charge on any atom is -0.455 e. The van der Waals surface area contributed by atoms with Gasteiger partial charge in [-0.3, -0.25) is 0 Å². The first-order valence-corrected chi connectivity index (χ1v) is 5.08. The predicted octanol–water partition coefficient (Wildman–Crippen LogP) is 1.85. The van der Waals surface area contributed by atoms with Gasteiger partial charge in [0.25, 0.3) is 0 Å². The van der Waals surface area contributed by atoms with Crippen LogP contribution in [0.5, 0.6) is 0 Å². The average Bonchev–Trinajstić information content (AvgIpc) is 2.83. The molecule has 1 aromatic heterocycles. The number of carbonyl (C=O) groups excluding carboxylic acids is 1. The SMILES string of the molecule is Cc1nn(-c2ccccc2)c2c1C(=O)OC2. The van der Waals surface area contributed by atoms with Gasteiger partial charge in [-0.15, -0.1) is 0 Å². The van der Waals surface area contributed by atoms with Crippen molar-refractivity contribution in [2.75, 3.05) is 0 Å². The number of para-hydroxylation sites is 1. The molecule has 1 aliphatic rings. The Morgan fingerprint density at radius 2 is 2.06 bits per heavy atom. The molecule has 1 aromatic carbocycles. The number of hydrogen-bond donors (Lipinski definition) is 0. The lowest BCUT2D eigenvalue weighted by Gasteiger charge is -2.03. The van der Waals surface area contributed by atoms with Gasteiger partial charge in [0.15, 0.2) is 0 Å². The molecule has 4 nitrogen and oxygen atoms in total. The number of aryl methyl sites for hydroxylation is 1. The number of esters is 1. The van der Waals surface area contributed by atoms with Crippen LogP contribution in [-0.4, -0.2) is 15.7 Å². The summed E-state index contributed by atoms with van der Waals surface area (Å²) < 4.78 is 6.78. The Kier molecular flexibility index (Phi) is 1.83. The van der Waals surface area contributed by atoms with Crippen LogP contribution in [0.2, 0.25) is 0 Å². The maximum Gasteiger partial charge on any atom is 0.342 e. The molecule has 0 saturated carbocycles. The summed E-state index contributed by atoms with van der Waals surface area (Å²) in [5.74, 6) is -0.269. The van der Waals surface area contributed by atoms with Gasteiger partial charge in [0.2, 0.25) is 0 Å². The number of cyclic esters (lactones) is 1. The second-order valence-corrected chi connectivity index (χ2v) is 3.73. The number of carbonyl (C=O) groups is 1. The predicted molar refractivity (Wildman–Crippen MR) is 57.4 cm³/mol. The maximum absolute atomic E-state index is 11.5. The highest BCUT2D eigenvalue weighted by molar-refractivity contribution is 5.94. The van der Waals surface area contributed by atoms with E-state index in [4.69, 9.17) is 4.74 Å². The van der Waals surface area contributed by atoms with Crippen molar-refractivity contribution in [1.29, 1.82) is 0 Å². The lowest BCUT2D eigenvalue weighted by atomic mass is 10.2. The first kappa shape index (κ1) is 9.15. The first-order chi connectivity index (χ1) is 7.77. The van der Waals surface area contributed by atoms with Crippen molar-refractivity contribution < 1.29 is 9.53 Å². The summed E-state index contributed by atoms with van der Waals surface area (Å²) in [5.41, 5.74) is 3.13. The van der Waals surface area contributed by atoms with Gasteiger partial charge in [-0.2, -0.15) is 5.10 Å². The Morgan fingerprint density at radius 1 is 1.31 bits per heavy atom. The summed E-state index contributed by atoms with van der Waals surface area (Å²) in [4.78, 5) is 11.5. The fourth-order valence-corrected chi connectivity index (χ4v) is 1.96. The van der Waals surface area contributed by atoms with E-state index in [9.17, 15) is 4.79 Å². The van der Waals surface area contributed by atoms with Crippen molar-refractivity contribution in [2.45, 2.75) is 13.5 Å². The van der Waals surface area contributed by atoms with Crippen LogP contribution in [0, 0.1) is 6.92 Å². The molecule has 0 saturated heterocycles. The minimum atomic E-state index is -0.269. The molecule has 4 heteroatoms.